The second-order valence-electron chi connectivity index (χ2n) is 3.83. The molecule has 0 atom stereocenters. The summed E-state index contributed by atoms with van der Waals surface area (Å²) in [6.45, 7) is 0.746. The van der Waals surface area contributed by atoms with E-state index >= 15 is 0 Å². The molecule has 0 amide bonds. The number of anilines is 1. The van der Waals surface area contributed by atoms with Gasteiger partial charge in [-0.15, -0.1) is 11.8 Å². The molecule has 0 aliphatic rings. The molecule has 2 aromatic rings. The molecular weight excluding hydrogens is 360 g/mol. The van der Waals surface area contributed by atoms with Crippen molar-refractivity contribution in [1.29, 1.82) is 0 Å². The van der Waals surface area contributed by atoms with Crippen LogP contribution in [0, 0.1) is 9.39 Å². The van der Waals surface area contributed by atoms with Crippen LogP contribution in [-0.4, -0.2) is 6.26 Å². The van der Waals surface area contributed by atoms with Gasteiger partial charge in [-0.2, -0.15) is 0 Å². The van der Waals surface area contributed by atoms with Gasteiger partial charge in [0, 0.05) is 20.7 Å². The van der Waals surface area contributed by atoms with E-state index in [1.54, 1.807) is 17.8 Å². The number of halogens is 2. The van der Waals surface area contributed by atoms with Gasteiger partial charge in [-0.25, -0.2) is 4.39 Å². The van der Waals surface area contributed by atoms with Crippen LogP contribution in [-0.2, 0) is 6.54 Å². The molecule has 18 heavy (non-hydrogen) atoms. The summed E-state index contributed by atoms with van der Waals surface area (Å²) in [6, 6.07) is 13.2. The van der Waals surface area contributed by atoms with E-state index in [4.69, 9.17) is 0 Å². The zero-order valence-corrected chi connectivity index (χ0v) is 12.9. The van der Waals surface area contributed by atoms with E-state index in [9.17, 15) is 4.39 Å². The maximum atomic E-state index is 13.0. The third-order valence-electron chi connectivity index (χ3n) is 2.57. The van der Waals surface area contributed by atoms with E-state index in [1.165, 1.54) is 22.6 Å². The van der Waals surface area contributed by atoms with Gasteiger partial charge in [0.2, 0.25) is 0 Å². The molecule has 1 N–H and O–H groups in total. The Bertz CT molecular complexity index is 528. The van der Waals surface area contributed by atoms with Crippen molar-refractivity contribution >= 4 is 40.0 Å². The average Bonchev–Trinajstić information content (AvgIpc) is 2.38. The van der Waals surface area contributed by atoms with Crippen molar-refractivity contribution in [3.05, 3.63) is 57.4 Å². The zero-order chi connectivity index (χ0) is 13.0. The van der Waals surface area contributed by atoms with E-state index in [0.29, 0.717) is 0 Å². The van der Waals surface area contributed by atoms with Gasteiger partial charge >= 0.3 is 0 Å². The van der Waals surface area contributed by atoms with Crippen molar-refractivity contribution in [3.63, 3.8) is 0 Å². The Hall–Kier alpha value is -0.750. The Morgan fingerprint density at radius 1 is 1.17 bits per heavy atom. The molecule has 0 saturated carbocycles. The molecule has 0 saturated heterocycles. The van der Waals surface area contributed by atoms with E-state index in [1.807, 2.05) is 0 Å². The highest BCUT2D eigenvalue weighted by Gasteiger charge is 2.01. The fourth-order valence-corrected chi connectivity index (χ4v) is 2.65. The lowest BCUT2D eigenvalue weighted by molar-refractivity contribution is 0.627. The van der Waals surface area contributed by atoms with Gasteiger partial charge in [0.05, 0.1) is 0 Å². The Morgan fingerprint density at radius 3 is 2.50 bits per heavy atom. The summed E-state index contributed by atoms with van der Waals surface area (Å²) in [5.74, 6) is -0.200. The lowest BCUT2D eigenvalue weighted by Gasteiger charge is -2.09. The first kappa shape index (κ1) is 13.7. The molecule has 2 rings (SSSR count). The predicted molar refractivity (Wildman–Crippen MR) is 84.7 cm³/mol. The summed E-state index contributed by atoms with van der Waals surface area (Å²) in [4.78, 5) is 1.26. The van der Waals surface area contributed by atoms with E-state index in [-0.39, 0.29) is 5.82 Å². The molecule has 4 heteroatoms. The highest BCUT2D eigenvalue weighted by Crippen LogP contribution is 2.20. The molecule has 0 aromatic heterocycles. The number of benzene rings is 2. The highest BCUT2D eigenvalue weighted by molar-refractivity contribution is 14.1. The van der Waals surface area contributed by atoms with Gasteiger partial charge in [0.15, 0.2) is 0 Å². The van der Waals surface area contributed by atoms with E-state index in [2.05, 4.69) is 58.4 Å². The van der Waals surface area contributed by atoms with Gasteiger partial charge in [0.25, 0.3) is 0 Å². The second kappa shape index (κ2) is 6.43. The zero-order valence-electron chi connectivity index (χ0n) is 9.91. The Kier molecular flexibility index (Phi) is 4.88. The molecule has 2 aromatic carbocycles. The smallest absolute Gasteiger partial charge is 0.124 e. The van der Waals surface area contributed by atoms with E-state index < -0.39 is 0 Å². The molecule has 0 aliphatic heterocycles. The normalized spacial score (nSPS) is 10.4. The summed E-state index contributed by atoms with van der Waals surface area (Å²) in [7, 11) is 0. The van der Waals surface area contributed by atoms with Crippen LogP contribution in [0.1, 0.15) is 5.56 Å². The minimum atomic E-state index is -0.200. The molecule has 0 fully saturated rings. The number of rotatable bonds is 4. The van der Waals surface area contributed by atoms with Gasteiger partial charge in [-0.05, 0) is 64.7 Å². The first-order valence-corrected chi connectivity index (χ1v) is 7.81. The Labute approximate surface area is 124 Å². The highest BCUT2D eigenvalue weighted by atomic mass is 127. The van der Waals surface area contributed by atoms with Crippen LogP contribution in [0.4, 0.5) is 10.1 Å². The second-order valence-corrected chi connectivity index (χ2v) is 5.87. The van der Waals surface area contributed by atoms with Gasteiger partial charge in [-0.1, -0.05) is 12.1 Å². The fourth-order valence-electron chi connectivity index (χ4n) is 1.57. The topological polar surface area (TPSA) is 12.0 Å². The SMILES string of the molecule is CSc1ccc(CNc2ccc(F)cc2I)cc1. The van der Waals surface area contributed by atoms with Crippen LogP contribution in [0.5, 0.6) is 0 Å². The largest absolute Gasteiger partial charge is 0.380 e. The number of hydrogen-bond acceptors (Lipinski definition) is 2. The summed E-state index contributed by atoms with van der Waals surface area (Å²) in [5.41, 5.74) is 2.18. The molecule has 0 spiro atoms. The molecular formula is C14H13FINS. The number of nitrogens with one attached hydrogen (secondary N) is 1. The third-order valence-corrected chi connectivity index (χ3v) is 4.21. The minimum Gasteiger partial charge on any atom is -0.380 e. The molecule has 0 bridgehead atoms. The van der Waals surface area contributed by atoms with Crippen LogP contribution >= 0.6 is 34.4 Å². The number of hydrogen-bond donors (Lipinski definition) is 1. The lowest BCUT2D eigenvalue weighted by Crippen LogP contribution is -2.01. The van der Waals surface area contributed by atoms with Gasteiger partial charge in [0.1, 0.15) is 5.82 Å². The van der Waals surface area contributed by atoms with Crippen LogP contribution in [0.2, 0.25) is 0 Å². The van der Waals surface area contributed by atoms with Crippen molar-refractivity contribution in [3.8, 4) is 0 Å². The van der Waals surface area contributed by atoms with Crippen molar-refractivity contribution in [1.82, 2.24) is 0 Å². The molecule has 94 valence electrons. The van der Waals surface area contributed by atoms with Crippen LogP contribution < -0.4 is 5.32 Å². The van der Waals surface area contributed by atoms with Crippen LogP contribution in [0.15, 0.2) is 47.4 Å². The maximum Gasteiger partial charge on any atom is 0.124 e. The summed E-state index contributed by atoms with van der Waals surface area (Å²) < 4.78 is 13.9. The van der Waals surface area contributed by atoms with Crippen molar-refractivity contribution in [2.24, 2.45) is 0 Å². The summed E-state index contributed by atoms with van der Waals surface area (Å²) in [5, 5.41) is 3.31. The monoisotopic (exact) mass is 373 g/mol. The van der Waals surface area contributed by atoms with Gasteiger partial charge < -0.3 is 5.32 Å². The lowest BCUT2D eigenvalue weighted by atomic mass is 10.2. The third kappa shape index (κ3) is 3.62. The Morgan fingerprint density at radius 2 is 1.89 bits per heavy atom. The van der Waals surface area contributed by atoms with Crippen LogP contribution in [0.25, 0.3) is 0 Å². The average molecular weight is 373 g/mol. The molecule has 0 heterocycles. The van der Waals surface area contributed by atoms with Crippen molar-refractivity contribution in [2.45, 2.75) is 11.4 Å². The maximum absolute atomic E-state index is 13.0. The van der Waals surface area contributed by atoms with Gasteiger partial charge in [-0.3, -0.25) is 0 Å². The standard InChI is InChI=1S/C14H13FINS/c1-18-12-5-2-10(3-6-12)9-17-14-7-4-11(15)8-13(14)16/h2-8,17H,9H2,1H3. The van der Waals surface area contributed by atoms with Crippen molar-refractivity contribution in [2.75, 3.05) is 11.6 Å². The molecule has 1 nitrogen and oxygen atoms in total. The molecule has 0 unspecified atom stereocenters. The molecule has 0 radical (unpaired) electrons. The summed E-state index contributed by atoms with van der Waals surface area (Å²) >= 11 is 3.87. The fraction of sp³-hybridized carbons (Fsp3) is 0.143. The Balaban J connectivity index is 2.02. The van der Waals surface area contributed by atoms with Crippen molar-refractivity contribution < 1.29 is 4.39 Å². The van der Waals surface area contributed by atoms with Crippen LogP contribution in [0.3, 0.4) is 0 Å². The van der Waals surface area contributed by atoms with E-state index in [0.717, 1.165) is 15.8 Å². The first-order valence-electron chi connectivity index (χ1n) is 5.51. The predicted octanol–water partition coefficient (Wildman–Crippen LogP) is 4.76. The molecule has 0 aliphatic carbocycles. The first-order chi connectivity index (χ1) is 8.69. The quantitative estimate of drug-likeness (QED) is 0.613. The summed E-state index contributed by atoms with van der Waals surface area (Å²) in [6.07, 6.45) is 2.06. The minimum absolute atomic E-state index is 0.200. The number of thioether (sulfide) groups is 1.